The summed E-state index contributed by atoms with van der Waals surface area (Å²) in [6, 6.07) is -0.204. The van der Waals surface area contributed by atoms with Crippen molar-refractivity contribution in [1.82, 2.24) is 9.80 Å². The van der Waals surface area contributed by atoms with Gasteiger partial charge in [-0.15, -0.1) is 0 Å². The average molecular weight is 296 g/mol. The minimum absolute atomic E-state index is 0.00210. The van der Waals surface area contributed by atoms with Gasteiger partial charge in [-0.05, 0) is 18.8 Å². The maximum Gasteiger partial charge on any atom is 0.305 e. The van der Waals surface area contributed by atoms with Gasteiger partial charge < -0.3 is 14.9 Å². The second kappa shape index (κ2) is 6.45. The van der Waals surface area contributed by atoms with Gasteiger partial charge in [0.15, 0.2) is 0 Å². The Balaban J connectivity index is 1.97. The van der Waals surface area contributed by atoms with Gasteiger partial charge in [-0.3, -0.25) is 14.4 Å². The Kier molecular flexibility index (Phi) is 4.85. The van der Waals surface area contributed by atoms with Gasteiger partial charge in [0.1, 0.15) is 0 Å². The van der Waals surface area contributed by atoms with E-state index >= 15 is 0 Å². The number of carboxylic acids is 1. The fourth-order valence-electron chi connectivity index (χ4n) is 3.33. The van der Waals surface area contributed by atoms with Crippen molar-refractivity contribution < 1.29 is 19.5 Å². The van der Waals surface area contributed by atoms with Crippen LogP contribution in [0.3, 0.4) is 0 Å². The molecule has 0 aromatic rings. The summed E-state index contributed by atoms with van der Waals surface area (Å²) in [7, 11) is 0. The molecule has 2 saturated heterocycles. The van der Waals surface area contributed by atoms with Crippen LogP contribution in [0.15, 0.2) is 0 Å². The quantitative estimate of drug-likeness (QED) is 0.819. The first kappa shape index (κ1) is 15.8. The largest absolute Gasteiger partial charge is 0.481 e. The summed E-state index contributed by atoms with van der Waals surface area (Å²) in [6.07, 6.45) is 1.86. The Labute approximate surface area is 125 Å². The zero-order chi connectivity index (χ0) is 15.6. The monoisotopic (exact) mass is 296 g/mol. The minimum Gasteiger partial charge on any atom is -0.481 e. The lowest BCUT2D eigenvalue weighted by Crippen LogP contribution is -2.41. The summed E-state index contributed by atoms with van der Waals surface area (Å²) in [4.78, 5) is 38.8. The smallest absolute Gasteiger partial charge is 0.305 e. The number of carbonyl (C=O) groups excluding carboxylic acids is 2. The zero-order valence-corrected chi connectivity index (χ0v) is 12.7. The van der Waals surface area contributed by atoms with E-state index in [0.717, 1.165) is 12.8 Å². The number of rotatable bonds is 5. The van der Waals surface area contributed by atoms with Crippen LogP contribution >= 0.6 is 0 Å². The van der Waals surface area contributed by atoms with Crippen LogP contribution < -0.4 is 0 Å². The van der Waals surface area contributed by atoms with Crippen molar-refractivity contribution in [2.24, 2.45) is 11.8 Å². The van der Waals surface area contributed by atoms with Gasteiger partial charge in [-0.2, -0.15) is 0 Å². The van der Waals surface area contributed by atoms with Crippen LogP contribution in [0.4, 0.5) is 0 Å². The van der Waals surface area contributed by atoms with Crippen molar-refractivity contribution in [1.29, 1.82) is 0 Å². The van der Waals surface area contributed by atoms with Gasteiger partial charge in [0, 0.05) is 32.1 Å². The molecule has 2 amide bonds. The topological polar surface area (TPSA) is 77.9 Å². The lowest BCUT2D eigenvalue weighted by Gasteiger charge is -2.26. The molecule has 2 atom stereocenters. The van der Waals surface area contributed by atoms with Crippen molar-refractivity contribution in [2.75, 3.05) is 19.6 Å². The van der Waals surface area contributed by atoms with Crippen molar-refractivity contribution in [3.63, 3.8) is 0 Å². The van der Waals surface area contributed by atoms with E-state index in [1.165, 1.54) is 0 Å². The molecule has 0 saturated carbocycles. The molecule has 2 fully saturated rings. The Morgan fingerprint density at radius 1 is 1.38 bits per heavy atom. The van der Waals surface area contributed by atoms with Gasteiger partial charge >= 0.3 is 5.97 Å². The molecule has 6 nitrogen and oxygen atoms in total. The van der Waals surface area contributed by atoms with E-state index in [-0.39, 0.29) is 36.6 Å². The van der Waals surface area contributed by atoms with Crippen LogP contribution in [0.5, 0.6) is 0 Å². The van der Waals surface area contributed by atoms with E-state index in [2.05, 4.69) is 0 Å². The molecular formula is C15H24N2O4. The Hall–Kier alpha value is -1.59. The highest BCUT2D eigenvalue weighted by Gasteiger charge is 2.40. The Bertz CT molecular complexity index is 435. The predicted octanol–water partition coefficient (Wildman–Crippen LogP) is 0.957. The number of hydrogen-bond donors (Lipinski definition) is 1. The van der Waals surface area contributed by atoms with Crippen molar-refractivity contribution in [3.8, 4) is 0 Å². The first-order chi connectivity index (χ1) is 9.88. The average Bonchev–Trinajstić information content (AvgIpc) is 2.95. The van der Waals surface area contributed by atoms with Crippen molar-refractivity contribution in [2.45, 2.75) is 45.6 Å². The van der Waals surface area contributed by atoms with E-state index < -0.39 is 5.97 Å². The number of aliphatic carboxylic acids is 1. The summed E-state index contributed by atoms with van der Waals surface area (Å²) in [5.74, 6) is -0.794. The van der Waals surface area contributed by atoms with E-state index in [9.17, 15) is 14.4 Å². The maximum atomic E-state index is 12.6. The zero-order valence-electron chi connectivity index (χ0n) is 12.7. The van der Waals surface area contributed by atoms with Gasteiger partial charge in [0.2, 0.25) is 11.8 Å². The van der Waals surface area contributed by atoms with Crippen molar-refractivity contribution >= 4 is 17.8 Å². The van der Waals surface area contributed by atoms with E-state index in [1.54, 1.807) is 9.80 Å². The second-order valence-corrected chi connectivity index (χ2v) is 6.52. The van der Waals surface area contributed by atoms with Crippen LogP contribution in [0.25, 0.3) is 0 Å². The summed E-state index contributed by atoms with van der Waals surface area (Å²) in [6.45, 7) is 5.87. The predicted molar refractivity (Wildman–Crippen MR) is 76.5 cm³/mol. The van der Waals surface area contributed by atoms with E-state index in [0.29, 0.717) is 25.6 Å². The second-order valence-electron chi connectivity index (χ2n) is 6.52. The number of amides is 2. The van der Waals surface area contributed by atoms with Crippen LogP contribution in [0, 0.1) is 11.8 Å². The van der Waals surface area contributed by atoms with Gasteiger partial charge in [-0.1, -0.05) is 13.8 Å². The molecule has 2 rings (SSSR count). The molecule has 2 aliphatic heterocycles. The molecule has 1 N–H and O–H groups in total. The molecular weight excluding hydrogens is 272 g/mol. The fourth-order valence-corrected chi connectivity index (χ4v) is 3.33. The molecule has 0 radical (unpaired) electrons. The summed E-state index contributed by atoms with van der Waals surface area (Å²) in [5, 5.41) is 8.92. The molecule has 0 aliphatic carbocycles. The highest BCUT2D eigenvalue weighted by Crippen LogP contribution is 2.27. The molecule has 2 heterocycles. The highest BCUT2D eigenvalue weighted by molar-refractivity contribution is 5.89. The van der Waals surface area contributed by atoms with E-state index in [1.807, 2.05) is 13.8 Å². The third kappa shape index (κ3) is 3.74. The van der Waals surface area contributed by atoms with Crippen LogP contribution in [-0.4, -0.2) is 58.4 Å². The normalized spacial score (nSPS) is 26.0. The standard InChI is InChI=1S/C15H24N2O4/c1-10(2)8-16-9-11(6-13(16)18)15(21)17-5-3-4-12(17)7-14(19)20/h10-12H,3-9H2,1-2H3,(H,19,20). The van der Waals surface area contributed by atoms with Gasteiger partial charge in [0.05, 0.1) is 12.3 Å². The first-order valence-electron chi connectivity index (χ1n) is 7.68. The van der Waals surface area contributed by atoms with Crippen LogP contribution in [-0.2, 0) is 14.4 Å². The van der Waals surface area contributed by atoms with Gasteiger partial charge in [-0.25, -0.2) is 0 Å². The van der Waals surface area contributed by atoms with E-state index in [4.69, 9.17) is 5.11 Å². The van der Waals surface area contributed by atoms with Gasteiger partial charge in [0.25, 0.3) is 0 Å². The maximum absolute atomic E-state index is 12.6. The molecule has 0 aromatic heterocycles. The number of carbonyl (C=O) groups is 3. The highest BCUT2D eigenvalue weighted by atomic mass is 16.4. The minimum atomic E-state index is -0.872. The molecule has 118 valence electrons. The SMILES string of the molecule is CC(C)CN1CC(C(=O)N2CCCC2CC(=O)O)CC1=O. The molecule has 0 aromatic carbocycles. The number of hydrogen-bond acceptors (Lipinski definition) is 3. The molecule has 21 heavy (non-hydrogen) atoms. The lowest BCUT2D eigenvalue weighted by molar-refractivity contribution is -0.141. The number of likely N-dealkylation sites (tertiary alicyclic amines) is 2. The fraction of sp³-hybridized carbons (Fsp3) is 0.800. The molecule has 0 spiro atoms. The molecule has 0 bridgehead atoms. The summed E-state index contributed by atoms with van der Waals surface area (Å²) >= 11 is 0. The van der Waals surface area contributed by atoms with Crippen LogP contribution in [0.1, 0.15) is 39.5 Å². The summed E-state index contributed by atoms with van der Waals surface area (Å²) < 4.78 is 0. The molecule has 6 heteroatoms. The van der Waals surface area contributed by atoms with Crippen molar-refractivity contribution in [3.05, 3.63) is 0 Å². The Morgan fingerprint density at radius 3 is 2.71 bits per heavy atom. The Morgan fingerprint density at radius 2 is 2.10 bits per heavy atom. The first-order valence-corrected chi connectivity index (χ1v) is 7.68. The third-order valence-electron chi connectivity index (χ3n) is 4.22. The number of nitrogens with zero attached hydrogens (tertiary/aromatic N) is 2. The third-order valence-corrected chi connectivity index (χ3v) is 4.22. The van der Waals surface area contributed by atoms with Crippen LogP contribution in [0.2, 0.25) is 0 Å². The number of carboxylic acid groups (broad SMARTS) is 1. The summed E-state index contributed by atoms with van der Waals surface area (Å²) in [5.41, 5.74) is 0. The lowest BCUT2D eigenvalue weighted by atomic mass is 10.1. The molecule has 2 unspecified atom stereocenters. The molecule has 2 aliphatic rings.